The molecule has 8 heteroatoms. The van der Waals surface area contributed by atoms with Crippen molar-refractivity contribution in [1.29, 1.82) is 0 Å². The Morgan fingerprint density at radius 3 is 2.61 bits per heavy atom. The van der Waals surface area contributed by atoms with Gasteiger partial charge in [-0.05, 0) is 80.4 Å². The second-order valence-corrected chi connectivity index (χ2v) is 10.1. The van der Waals surface area contributed by atoms with E-state index in [1.165, 1.54) is 37.7 Å². The Labute approximate surface area is 194 Å². The van der Waals surface area contributed by atoms with Crippen LogP contribution in [-0.2, 0) is 23.1 Å². The Hall–Kier alpha value is -2.94. The number of nitrogens with zero attached hydrogens (tertiary/aromatic N) is 1. The number of sulfonamides is 1. The molecule has 1 amide bonds. The molecule has 33 heavy (non-hydrogen) atoms. The van der Waals surface area contributed by atoms with Gasteiger partial charge in [-0.3, -0.25) is 9.69 Å². The lowest BCUT2D eigenvalue weighted by Gasteiger charge is -2.26. The summed E-state index contributed by atoms with van der Waals surface area (Å²) in [5.41, 5.74) is 2.85. The summed E-state index contributed by atoms with van der Waals surface area (Å²) in [4.78, 5) is 15.5. The van der Waals surface area contributed by atoms with Gasteiger partial charge in [-0.15, -0.1) is 0 Å². The number of piperidine rings is 1. The maximum absolute atomic E-state index is 13.0. The van der Waals surface area contributed by atoms with Crippen molar-refractivity contribution >= 4 is 21.6 Å². The predicted molar refractivity (Wildman–Crippen MR) is 127 cm³/mol. The van der Waals surface area contributed by atoms with Crippen molar-refractivity contribution in [2.75, 3.05) is 18.4 Å². The van der Waals surface area contributed by atoms with E-state index in [1.54, 1.807) is 25.1 Å². The lowest BCUT2D eigenvalue weighted by atomic mass is 10.1. The van der Waals surface area contributed by atoms with Crippen LogP contribution in [0.3, 0.4) is 0 Å². The van der Waals surface area contributed by atoms with E-state index in [0.717, 1.165) is 25.2 Å². The Kier molecular flexibility index (Phi) is 7.27. The lowest BCUT2D eigenvalue weighted by molar-refractivity contribution is 0.102. The minimum absolute atomic E-state index is 0.0312. The molecule has 4 rings (SSSR count). The second kappa shape index (κ2) is 10.3. The molecular formula is C25H29N3O4S. The Morgan fingerprint density at radius 2 is 1.85 bits per heavy atom. The van der Waals surface area contributed by atoms with Gasteiger partial charge < -0.3 is 9.73 Å². The zero-order chi connectivity index (χ0) is 23.3. The third-order valence-electron chi connectivity index (χ3n) is 5.82. The topological polar surface area (TPSA) is 91.6 Å². The zero-order valence-corrected chi connectivity index (χ0v) is 19.5. The normalized spacial score (nSPS) is 14.8. The van der Waals surface area contributed by atoms with Gasteiger partial charge in [0.1, 0.15) is 5.76 Å². The van der Waals surface area contributed by atoms with Crippen LogP contribution in [0.25, 0.3) is 0 Å². The molecule has 2 aromatic carbocycles. The van der Waals surface area contributed by atoms with Crippen LogP contribution >= 0.6 is 0 Å². The molecule has 3 aromatic rings. The molecule has 0 aliphatic carbocycles. The van der Waals surface area contributed by atoms with Gasteiger partial charge in [0.25, 0.3) is 5.91 Å². The smallest absolute Gasteiger partial charge is 0.255 e. The minimum atomic E-state index is -3.80. The highest BCUT2D eigenvalue weighted by Crippen LogP contribution is 2.20. The van der Waals surface area contributed by atoms with E-state index in [0.29, 0.717) is 22.6 Å². The highest BCUT2D eigenvalue weighted by molar-refractivity contribution is 7.89. The summed E-state index contributed by atoms with van der Waals surface area (Å²) < 4.78 is 33.1. The van der Waals surface area contributed by atoms with E-state index in [4.69, 9.17) is 4.42 Å². The Morgan fingerprint density at radius 1 is 1.03 bits per heavy atom. The summed E-state index contributed by atoms with van der Waals surface area (Å²) in [6.45, 7) is 4.89. The van der Waals surface area contributed by atoms with Crippen molar-refractivity contribution < 1.29 is 17.6 Å². The molecule has 1 saturated heterocycles. The van der Waals surface area contributed by atoms with Crippen LogP contribution in [0.15, 0.2) is 70.2 Å². The minimum Gasteiger partial charge on any atom is -0.468 e. The number of aryl methyl sites for hydroxylation is 1. The lowest BCUT2D eigenvalue weighted by Crippen LogP contribution is -2.29. The first-order chi connectivity index (χ1) is 15.9. The first-order valence-corrected chi connectivity index (χ1v) is 12.6. The van der Waals surface area contributed by atoms with E-state index in [9.17, 15) is 13.2 Å². The van der Waals surface area contributed by atoms with Crippen molar-refractivity contribution in [3.8, 4) is 0 Å². The van der Waals surface area contributed by atoms with E-state index in [2.05, 4.69) is 21.0 Å². The Balaban J connectivity index is 1.46. The SMILES string of the molecule is Cc1ccc(S(=O)(=O)NCc2ccco2)cc1C(=O)Nc1cccc(CN2CCCCC2)c1. The number of carbonyl (C=O) groups excluding carboxylic acids is 1. The van der Waals surface area contributed by atoms with Gasteiger partial charge in [0, 0.05) is 17.8 Å². The highest BCUT2D eigenvalue weighted by atomic mass is 32.2. The number of benzene rings is 2. The van der Waals surface area contributed by atoms with Crippen molar-refractivity contribution in [3.63, 3.8) is 0 Å². The number of carbonyl (C=O) groups is 1. The average molecular weight is 468 g/mol. The van der Waals surface area contributed by atoms with Crippen molar-refractivity contribution in [2.45, 2.75) is 44.2 Å². The number of amides is 1. The van der Waals surface area contributed by atoms with Crippen LogP contribution in [-0.4, -0.2) is 32.3 Å². The highest BCUT2D eigenvalue weighted by Gasteiger charge is 2.19. The molecule has 174 valence electrons. The summed E-state index contributed by atoms with van der Waals surface area (Å²) in [6.07, 6.45) is 5.23. The molecule has 0 saturated carbocycles. The fourth-order valence-corrected chi connectivity index (χ4v) is 5.02. The first-order valence-electron chi connectivity index (χ1n) is 11.2. The van der Waals surface area contributed by atoms with Crippen LogP contribution < -0.4 is 10.0 Å². The largest absolute Gasteiger partial charge is 0.468 e. The van der Waals surface area contributed by atoms with Crippen molar-refractivity contribution in [1.82, 2.24) is 9.62 Å². The second-order valence-electron chi connectivity index (χ2n) is 8.37. The molecule has 1 fully saturated rings. The third-order valence-corrected chi connectivity index (χ3v) is 7.22. The van der Waals surface area contributed by atoms with Crippen LogP contribution in [0.5, 0.6) is 0 Å². The molecule has 1 aliphatic heterocycles. The number of hydrogen-bond acceptors (Lipinski definition) is 5. The number of hydrogen-bond donors (Lipinski definition) is 2. The fraction of sp³-hybridized carbons (Fsp3) is 0.320. The molecular weight excluding hydrogens is 438 g/mol. The summed E-state index contributed by atoms with van der Waals surface area (Å²) in [5.74, 6) is 0.166. The van der Waals surface area contributed by atoms with Gasteiger partial charge in [-0.1, -0.05) is 24.6 Å². The van der Waals surface area contributed by atoms with E-state index in [-0.39, 0.29) is 17.3 Å². The standard InChI is InChI=1S/C25H29N3O4S/c1-19-10-11-23(33(30,31)26-17-22-9-6-14-32-22)16-24(19)25(29)27-21-8-5-7-20(15-21)18-28-12-3-2-4-13-28/h5-11,14-16,26H,2-4,12-13,17-18H2,1H3,(H,27,29). The van der Waals surface area contributed by atoms with Crippen LogP contribution in [0, 0.1) is 6.92 Å². The molecule has 0 bridgehead atoms. The third kappa shape index (κ3) is 6.10. The van der Waals surface area contributed by atoms with Crippen molar-refractivity contribution in [2.24, 2.45) is 0 Å². The average Bonchev–Trinajstić information content (AvgIpc) is 3.33. The van der Waals surface area contributed by atoms with E-state index < -0.39 is 10.0 Å². The number of nitrogens with one attached hydrogen (secondary N) is 2. The van der Waals surface area contributed by atoms with Crippen LogP contribution in [0.4, 0.5) is 5.69 Å². The molecule has 2 heterocycles. The van der Waals surface area contributed by atoms with Gasteiger partial charge in [0.05, 0.1) is 17.7 Å². The quantitative estimate of drug-likeness (QED) is 0.515. The summed E-state index contributed by atoms with van der Waals surface area (Å²) in [7, 11) is -3.80. The van der Waals surface area contributed by atoms with Crippen LogP contribution in [0.2, 0.25) is 0 Å². The molecule has 0 radical (unpaired) electrons. The number of likely N-dealkylation sites (tertiary alicyclic amines) is 1. The molecule has 1 aliphatic rings. The Bertz CT molecular complexity index is 1200. The van der Waals surface area contributed by atoms with Crippen molar-refractivity contribution in [3.05, 3.63) is 83.3 Å². The van der Waals surface area contributed by atoms with Gasteiger partial charge in [0.15, 0.2) is 0 Å². The molecule has 0 atom stereocenters. The molecule has 0 unspecified atom stereocenters. The monoisotopic (exact) mass is 467 g/mol. The number of furan rings is 1. The van der Waals surface area contributed by atoms with Gasteiger partial charge in [0.2, 0.25) is 10.0 Å². The fourth-order valence-electron chi connectivity index (χ4n) is 4.00. The molecule has 1 aromatic heterocycles. The molecule has 7 nitrogen and oxygen atoms in total. The van der Waals surface area contributed by atoms with Crippen LogP contribution in [0.1, 0.15) is 46.5 Å². The summed E-state index contributed by atoms with van der Waals surface area (Å²) in [5, 5.41) is 2.92. The van der Waals surface area contributed by atoms with Gasteiger partial charge in [-0.25, -0.2) is 13.1 Å². The van der Waals surface area contributed by atoms with E-state index in [1.807, 2.05) is 18.2 Å². The first kappa shape index (κ1) is 23.2. The molecule has 0 spiro atoms. The zero-order valence-electron chi connectivity index (χ0n) is 18.7. The maximum atomic E-state index is 13.0. The maximum Gasteiger partial charge on any atom is 0.255 e. The van der Waals surface area contributed by atoms with Gasteiger partial charge in [-0.2, -0.15) is 0 Å². The van der Waals surface area contributed by atoms with Gasteiger partial charge >= 0.3 is 0 Å². The molecule has 2 N–H and O–H groups in total. The summed E-state index contributed by atoms with van der Waals surface area (Å²) in [6, 6.07) is 15.8. The predicted octanol–water partition coefficient (Wildman–Crippen LogP) is 4.30. The number of anilines is 1. The summed E-state index contributed by atoms with van der Waals surface area (Å²) >= 11 is 0. The van der Waals surface area contributed by atoms with E-state index >= 15 is 0 Å². The number of rotatable bonds is 8.